The zero-order chi connectivity index (χ0) is 21.0. The summed E-state index contributed by atoms with van der Waals surface area (Å²) < 4.78 is 5.04. The number of amides is 1. The summed E-state index contributed by atoms with van der Waals surface area (Å²) in [6, 6.07) is 4.99. The number of nitrogens with one attached hydrogen (secondary N) is 2. The Morgan fingerprint density at radius 3 is 2.86 bits per heavy atom. The third kappa shape index (κ3) is 4.66. The average Bonchev–Trinajstić information content (AvgIpc) is 3.17. The van der Waals surface area contributed by atoms with Crippen LogP contribution in [0.25, 0.3) is 21.8 Å². The summed E-state index contributed by atoms with van der Waals surface area (Å²) >= 11 is 1.34. The SMILES string of the molecule is CCOC(=O)c1cc(-c2csc(-c3ccnc(NCC(N)=O)c3)n2)c(=O)[nH]c1C. The number of carbonyl (C=O) groups is 2. The van der Waals surface area contributed by atoms with Gasteiger partial charge in [0.2, 0.25) is 5.91 Å². The first-order chi connectivity index (χ1) is 13.9. The van der Waals surface area contributed by atoms with Gasteiger partial charge in [0.05, 0.1) is 30.0 Å². The van der Waals surface area contributed by atoms with Gasteiger partial charge in [-0.3, -0.25) is 9.59 Å². The van der Waals surface area contributed by atoms with Crippen LogP contribution in [0.5, 0.6) is 0 Å². The fourth-order valence-corrected chi connectivity index (χ4v) is 3.42. The van der Waals surface area contributed by atoms with Crippen molar-refractivity contribution >= 4 is 29.0 Å². The third-order valence-electron chi connectivity index (χ3n) is 3.96. The molecular formula is C19H19N5O4S. The van der Waals surface area contributed by atoms with Crippen LogP contribution in [0.1, 0.15) is 23.0 Å². The van der Waals surface area contributed by atoms with E-state index in [0.29, 0.717) is 22.2 Å². The number of aromatic amines is 1. The van der Waals surface area contributed by atoms with Gasteiger partial charge in [-0.25, -0.2) is 14.8 Å². The van der Waals surface area contributed by atoms with Crippen molar-refractivity contribution in [2.24, 2.45) is 5.73 Å². The molecule has 3 heterocycles. The Labute approximate surface area is 170 Å². The molecule has 0 aromatic carbocycles. The van der Waals surface area contributed by atoms with Crippen LogP contribution in [0.4, 0.5) is 5.82 Å². The first-order valence-corrected chi connectivity index (χ1v) is 9.62. The van der Waals surface area contributed by atoms with E-state index in [1.165, 1.54) is 17.4 Å². The van der Waals surface area contributed by atoms with Crippen LogP contribution in [0.15, 0.2) is 34.6 Å². The molecule has 0 saturated carbocycles. The largest absolute Gasteiger partial charge is 0.462 e. The number of pyridine rings is 2. The first kappa shape index (κ1) is 20.2. The van der Waals surface area contributed by atoms with Crippen LogP contribution in [0.2, 0.25) is 0 Å². The molecule has 0 aliphatic rings. The number of anilines is 1. The molecule has 0 unspecified atom stereocenters. The number of ether oxygens (including phenoxy) is 1. The highest BCUT2D eigenvalue weighted by Gasteiger charge is 2.17. The highest BCUT2D eigenvalue weighted by atomic mass is 32.1. The maximum absolute atomic E-state index is 12.4. The van der Waals surface area contributed by atoms with Crippen molar-refractivity contribution in [3.05, 3.63) is 51.4 Å². The summed E-state index contributed by atoms with van der Waals surface area (Å²) in [5.74, 6) is -0.516. The second kappa shape index (κ2) is 8.65. The Hall–Kier alpha value is -3.53. The van der Waals surface area contributed by atoms with Crippen LogP contribution in [-0.4, -0.2) is 40.0 Å². The lowest BCUT2D eigenvalue weighted by Crippen LogP contribution is -2.22. The standard InChI is InChI=1S/C19H19N5O4S/c1-3-28-19(27)12-7-13(17(26)23-10(12)2)14-9-29-18(24-14)11-4-5-21-16(6-11)22-8-15(20)25/h4-7,9H,3,8H2,1-2H3,(H2,20,25)(H,21,22)(H,23,26). The minimum Gasteiger partial charge on any atom is -0.462 e. The molecule has 0 saturated heterocycles. The van der Waals surface area contributed by atoms with Gasteiger partial charge >= 0.3 is 5.97 Å². The fraction of sp³-hybridized carbons (Fsp3) is 0.211. The van der Waals surface area contributed by atoms with Crippen LogP contribution in [0.3, 0.4) is 0 Å². The zero-order valence-corrected chi connectivity index (χ0v) is 16.6. The highest BCUT2D eigenvalue weighted by Crippen LogP contribution is 2.29. The first-order valence-electron chi connectivity index (χ1n) is 8.74. The fourth-order valence-electron chi connectivity index (χ4n) is 2.60. The molecule has 4 N–H and O–H groups in total. The Bertz CT molecular complexity index is 1120. The number of thiazole rings is 1. The zero-order valence-electron chi connectivity index (χ0n) is 15.8. The van der Waals surface area contributed by atoms with Crippen LogP contribution in [-0.2, 0) is 9.53 Å². The average molecular weight is 413 g/mol. The Morgan fingerprint density at radius 2 is 2.14 bits per heavy atom. The van der Waals surface area contributed by atoms with Gasteiger partial charge in [0, 0.05) is 22.8 Å². The Morgan fingerprint density at radius 1 is 1.34 bits per heavy atom. The smallest absolute Gasteiger partial charge is 0.339 e. The lowest BCUT2D eigenvalue weighted by Gasteiger charge is -2.07. The molecule has 10 heteroatoms. The van der Waals surface area contributed by atoms with Crippen molar-refractivity contribution in [2.75, 3.05) is 18.5 Å². The van der Waals surface area contributed by atoms with E-state index in [4.69, 9.17) is 10.5 Å². The monoisotopic (exact) mass is 413 g/mol. The predicted molar refractivity (Wildman–Crippen MR) is 110 cm³/mol. The lowest BCUT2D eigenvalue weighted by molar-refractivity contribution is -0.116. The molecule has 0 atom stereocenters. The molecule has 0 aliphatic heterocycles. The van der Waals surface area contributed by atoms with Gasteiger partial charge in [-0.15, -0.1) is 11.3 Å². The Balaban J connectivity index is 1.93. The molecule has 0 spiro atoms. The second-order valence-corrected chi connectivity index (χ2v) is 6.92. The minimum atomic E-state index is -0.503. The van der Waals surface area contributed by atoms with Crippen molar-refractivity contribution in [3.8, 4) is 21.8 Å². The molecule has 0 radical (unpaired) electrons. The van der Waals surface area contributed by atoms with Gasteiger partial charge in [-0.2, -0.15) is 0 Å². The van der Waals surface area contributed by atoms with Gasteiger partial charge in [-0.05, 0) is 32.0 Å². The van der Waals surface area contributed by atoms with Gasteiger partial charge in [0.25, 0.3) is 5.56 Å². The number of primary amides is 1. The molecule has 9 nitrogen and oxygen atoms in total. The number of rotatable bonds is 7. The van der Waals surface area contributed by atoms with E-state index in [9.17, 15) is 14.4 Å². The summed E-state index contributed by atoms with van der Waals surface area (Å²) in [6.07, 6.45) is 1.58. The number of hydrogen-bond donors (Lipinski definition) is 3. The van der Waals surface area contributed by atoms with Crippen molar-refractivity contribution < 1.29 is 14.3 Å². The van der Waals surface area contributed by atoms with E-state index in [1.807, 2.05) is 0 Å². The maximum Gasteiger partial charge on any atom is 0.339 e. The number of nitrogens with zero attached hydrogens (tertiary/aromatic N) is 2. The molecule has 150 valence electrons. The third-order valence-corrected chi connectivity index (χ3v) is 4.86. The number of H-pyrrole nitrogens is 1. The maximum atomic E-state index is 12.4. The van der Waals surface area contributed by atoms with E-state index in [2.05, 4.69) is 20.3 Å². The molecule has 1 amide bonds. The normalized spacial score (nSPS) is 10.6. The van der Waals surface area contributed by atoms with E-state index in [0.717, 1.165) is 5.56 Å². The predicted octanol–water partition coefficient (Wildman–Crippen LogP) is 1.94. The van der Waals surface area contributed by atoms with Gasteiger partial charge in [0.1, 0.15) is 10.8 Å². The van der Waals surface area contributed by atoms with Gasteiger partial charge < -0.3 is 20.8 Å². The number of nitrogens with two attached hydrogens (primary N) is 1. The Kier molecular flexibility index (Phi) is 6.03. The molecule has 0 aliphatic carbocycles. The number of carbonyl (C=O) groups excluding carboxylic acids is 2. The van der Waals surface area contributed by atoms with Crippen molar-refractivity contribution in [1.29, 1.82) is 0 Å². The van der Waals surface area contributed by atoms with Crippen LogP contribution in [0, 0.1) is 6.92 Å². The van der Waals surface area contributed by atoms with Crippen LogP contribution >= 0.6 is 11.3 Å². The van der Waals surface area contributed by atoms with Gasteiger partial charge in [-0.1, -0.05) is 0 Å². The quantitative estimate of drug-likeness (QED) is 0.503. The number of esters is 1. The summed E-state index contributed by atoms with van der Waals surface area (Å²) in [5, 5.41) is 5.22. The van der Waals surface area contributed by atoms with Crippen LogP contribution < -0.4 is 16.6 Å². The molecule has 3 rings (SSSR count). The number of aromatic nitrogens is 3. The second-order valence-electron chi connectivity index (χ2n) is 6.06. The summed E-state index contributed by atoms with van der Waals surface area (Å²) in [4.78, 5) is 46.8. The summed E-state index contributed by atoms with van der Waals surface area (Å²) in [6.45, 7) is 3.56. The molecule has 29 heavy (non-hydrogen) atoms. The van der Waals surface area contributed by atoms with Crippen molar-refractivity contribution in [1.82, 2.24) is 15.0 Å². The highest BCUT2D eigenvalue weighted by molar-refractivity contribution is 7.13. The summed E-state index contributed by atoms with van der Waals surface area (Å²) in [7, 11) is 0. The van der Waals surface area contributed by atoms with E-state index in [-0.39, 0.29) is 29.8 Å². The number of aryl methyl sites for hydroxylation is 1. The number of hydrogen-bond acceptors (Lipinski definition) is 8. The topological polar surface area (TPSA) is 140 Å². The van der Waals surface area contributed by atoms with Crippen molar-refractivity contribution in [2.45, 2.75) is 13.8 Å². The minimum absolute atomic E-state index is 0.0328. The van der Waals surface area contributed by atoms with Gasteiger partial charge in [0.15, 0.2) is 0 Å². The molecule has 3 aromatic rings. The molecule has 0 bridgehead atoms. The summed E-state index contributed by atoms with van der Waals surface area (Å²) in [5.41, 5.74) is 7.00. The van der Waals surface area contributed by atoms with E-state index in [1.54, 1.807) is 37.6 Å². The van der Waals surface area contributed by atoms with E-state index >= 15 is 0 Å². The molecular weight excluding hydrogens is 394 g/mol. The van der Waals surface area contributed by atoms with E-state index < -0.39 is 11.9 Å². The lowest BCUT2D eigenvalue weighted by atomic mass is 10.1. The molecule has 0 fully saturated rings. The molecule has 3 aromatic heterocycles. The van der Waals surface area contributed by atoms with Crippen molar-refractivity contribution in [3.63, 3.8) is 0 Å².